The summed E-state index contributed by atoms with van der Waals surface area (Å²) in [5, 5.41) is 5.29. The number of fused-ring (bicyclic) bond motifs is 1. The molecule has 0 spiro atoms. The summed E-state index contributed by atoms with van der Waals surface area (Å²) in [5.74, 6) is -0.125. The van der Waals surface area contributed by atoms with E-state index in [9.17, 15) is 9.18 Å². The first kappa shape index (κ1) is 20.5. The summed E-state index contributed by atoms with van der Waals surface area (Å²) in [7, 11) is 0. The minimum Gasteiger partial charge on any atom is -0.354 e. The van der Waals surface area contributed by atoms with Crippen LogP contribution in [0.15, 0.2) is 60.9 Å². The van der Waals surface area contributed by atoms with Gasteiger partial charge in [-0.2, -0.15) is 5.10 Å². The molecular formula is C26H27FN4O. The molecule has 0 bridgehead atoms. The van der Waals surface area contributed by atoms with Gasteiger partial charge in [0.05, 0.1) is 12.2 Å². The van der Waals surface area contributed by atoms with E-state index in [1.165, 1.54) is 6.07 Å². The highest BCUT2D eigenvalue weighted by molar-refractivity contribution is 5.91. The van der Waals surface area contributed by atoms with Gasteiger partial charge < -0.3 is 9.88 Å². The van der Waals surface area contributed by atoms with Crippen molar-refractivity contribution in [3.05, 3.63) is 77.9 Å². The lowest BCUT2D eigenvalue weighted by molar-refractivity contribution is -0.132. The van der Waals surface area contributed by atoms with Crippen molar-refractivity contribution < 1.29 is 9.18 Å². The van der Waals surface area contributed by atoms with E-state index in [-0.39, 0.29) is 17.8 Å². The summed E-state index contributed by atoms with van der Waals surface area (Å²) in [6.07, 6.45) is 6.88. The molecule has 1 atom stereocenters. The van der Waals surface area contributed by atoms with E-state index in [4.69, 9.17) is 0 Å². The van der Waals surface area contributed by atoms with Gasteiger partial charge in [-0.15, -0.1) is 0 Å². The zero-order chi connectivity index (χ0) is 22.1. The Morgan fingerprint density at radius 2 is 2.06 bits per heavy atom. The molecule has 0 radical (unpaired) electrons. The summed E-state index contributed by atoms with van der Waals surface area (Å²) in [6, 6.07) is 15.0. The number of halogens is 1. The van der Waals surface area contributed by atoms with Gasteiger partial charge in [-0.1, -0.05) is 30.3 Å². The highest BCUT2D eigenvalue weighted by Crippen LogP contribution is 2.32. The van der Waals surface area contributed by atoms with Crippen molar-refractivity contribution in [2.24, 2.45) is 0 Å². The van der Waals surface area contributed by atoms with E-state index in [0.29, 0.717) is 19.4 Å². The number of aromatic amines is 1. The maximum atomic E-state index is 14.0. The minimum absolute atomic E-state index is 0.142. The molecule has 1 aliphatic heterocycles. The highest BCUT2D eigenvalue weighted by atomic mass is 19.1. The third-order valence-corrected chi connectivity index (χ3v) is 6.37. The van der Waals surface area contributed by atoms with Crippen molar-refractivity contribution >= 4 is 16.8 Å². The van der Waals surface area contributed by atoms with E-state index in [0.717, 1.165) is 52.7 Å². The summed E-state index contributed by atoms with van der Waals surface area (Å²) < 4.78 is 16.0. The van der Waals surface area contributed by atoms with Crippen molar-refractivity contribution in [2.75, 3.05) is 13.1 Å². The number of carbonyl (C=O) groups is 1. The van der Waals surface area contributed by atoms with E-state index < -0.39 is 0 Å². The average molecular weight is 431 g/mol. The van der Waals surface area contributed by atoms with Crippen LogP contribution in [0.3, 0.4) is 0 Å². The topological polar surface area (TPSA) is 53.9 Å². The van der Waals surface area contributed by atoms with Gasteiger partial charge in [-0.05, 0) is 61.1 Å². The molecular weight excluding hydrogens is 403 g/mol. The average Bonchev–Trinajstić information content (AvgIpc) is 3.41. The van der Waals surface area contributed by atoms with Crippen molar-refractivity contribution in [2.45, 2.75) is 38.6 Å². The van der Waals surface area contributed by atoms with E-state index in [1.54, 1.807) is 12.1 Å². The second-order valence-corrected chi connectivity index (χ2v) is 8.67. The molecule has 1 amide bonds. The third kappa shape index (κ3) is 4.05. The minimum atomic E-state index is -0.267. The molecule has 1 N–H and O–H groups in total. The number of nitrogens with zero attached hydrogens (tertiary/aromatic N) is 3. The van der Waals surface area contributed by atoms with Crippen LogP contribution in [0.4, 0.5) is 4.39 Å². The van der Waals surface area contributed by atoms with Crippen molar-refractivity contribution in [1.82, 2.24) is 19.7 Å². The van der Waals surface area contributed by atoms with Crippen LogP contribution in [-0.4, -0.2) is 38.7 Å². The number of carbonyl (C=O) groups excluding carboxylic acids is 1. The number of nitrogens with one attached hydrogen (secondary N) is 1. The van der Waals surface area contributed by atoms with Crippen LogP contribution >= 0.6 is 0 Å². The van der Waals surface area contributed by atoms with Crippen LogP contribution < -0.4 is 0 Å². The maximum absolute atomic E-state index is 14.0. The number of amides is 1. The lowest BCUT2D eigenvalue weighted by Gasteiger charge is -2.33. The number of hydrogen-bond acceptors (Lipinski definition) is 2. The van der Waals surface area contributed by atoms with Gasteiger partial charge in [0.1, 0.15) is 5.82 Å². The molecule has 164 valence electrons. The Morgan fingerprint density at radius 3 is 2.84 bits per heavy atom. The molecule has 1 saturated heterocycles. The Labute approximate surface area is 186 Å². The first-order chi connectivity index (χ1) is 15.6. The Bertz CT molecular complexity index is 1240. The van der Waals surface area contributed by atoms with Gasteiger partial charge in [-0.25, -0.2) is 4.39 Å². The van der Waals surface area contributed by atoms with Crippen molar-refractivity contribution in [3.8, 4) is 11.3 Å². The SMILES string of the molecule is Cc1cnn(C2CCCN(C(=O)CCc3c(-c4ccccc4)[nH]c4ccc(F)cc34)C2)c1. The third-order valence-electron chi connectivity index (χ3n) is 6.37. The van der Waals surface area contributed by atoms with E-state index in [2.05, 4.69) is 10.1 Å². The normalized spacial score (nSPS) is 16.6. The first-order valence-corrected chi connectivity index (χ1v) is 11.2. The number of likely N-dealkylation sites (tertiary alicyclic amines) is 1. The first-order valence-electron chi connectivity index (χ1n) is 11.2. The van der Waals surface area contributed by atoms with Crippen LogP contribution in [0.25, 0.3) is 22.2 Å². The number of rotatable bonds is 5. The number of piperidine rings is 1. The number of benzene rings is 2. The fourth-order valence-electron chi connectivity index (χ4n) is 4.75. The number of hydrogen-bond donors (Lipinski definition) is 1. The van der Waals surface area contributed by atoms with Crippen LogP contribution in [0.2, 0.25) is 0 Å². The Balaban J connectivity index is 1.36. The van der Waals surface area contributed by atoms with Crippen LogP contribution in [0.1, 0.15) is 36.4 Å². The molecule has 4 aromatic rings. The van der Waals surface area contributed by atoms with Gasteiger partial charge in [0, 0.05) is 42.3 Å². The van der Waals surface area contributed by atoms with Crippen LogP contribution in [-0.2, 0) is 11.2 Å². The fourth-order valence-corrected chi connectivity index (χ4v) is 4.75. The molecule has 2 aromatic carbocycles. The zero-order valence-corrected chi connectivity index (χ0v) is 18.2. The van der Waals surface area contributed by atoms with Gasteiger partial charge in [-0.3, -0.25) is 9.48 Å². The molecule has 1 unspecified atom stereocenters. The molecule has 5 rings (SSSR count). The second-order valence-electron chi connectivity index (χ2n) is 8.67. The van der Waals surface area contributed by atoms with Crippen LogP contribution in [0.5, 0.6) is 0 Å². The molecule has 5 nitrogen and oxygen atoms in total. The van der Waals surface area contributed by atoms with Gasteiger partial charge in [0.2, 0.25) is 5.91 Å². The fraction of sp³-hybridized carbons (Fsp3) is 0.308. The Morgan fingerprint density at radius 1 is 1.22 bits per heavy atom. The Kier molecular flexibility index (Phi) is 5.52. The largest absolute Gasteiger partial charge is 0.354 e. The van der Waals surface area contributed by atoms with Gasteiger partial charge in [0.15, 0.2) is 0 Å². The number of aromatic nitrogens is 3. The zero-order valence-electron chi connectivity index (χ0n) is 18.2. The van der Waals surface area contributed by atoms with Gasteiger partial charge >= 0.3 is 0 Å². The van der Waals surface area contributed by atoms with Crippen molar-refractivity contribution in [1.29, 1.82) is 0 Å². The van der Waals surface area contributed by atoms with E-state index in [1.807, 2.05) is 59.2 Å². The maximum Gasteiger partial charge on any atom is 0.222 e. The quantitative estimate of drug-likeness (QED) is 0.469. The monoisotopic (exact) mass is 430 g/mol. The summed E-state index contributed by atoms with van der Waals surface area (Å²) in [5.41, 5.74) is 5.02. The summed E-state index contributed by atoms with van der Waals surface area (Å²) in [4.78, 5) is 18.5. The number of aryl methyl sites for hydroxylation is 2. The van der Waals surface area contributed by atoms with E-state index >= 15 is 0 Å². The summed E-state index contributed by atoms with van der Waals surface area (Å²) >= 11 is 0. The molecule has 32 heavy (non-hydrogen) atoms. The molecule has 0 saturated carbocycles. The molecule has 0 aliphatic carbocycles. The Hall–Kier alpha value is -3.41. The molecule has 1 fully saturated rings. The number of H-pyrrole nitrogens is 1. The molecule has 1 aliphatic rings. The van der Waals surface area contributed by atoms with Crippen LogP contribution in [0, 0.1) is 12.7 Å². The summed E-state index contributed by atoms with van der Waals surface area (Å²) in [6.45, 7) is 3.50. The van der Waals surface area contributed by atoms with Gasteiger partial charge in [0.25, 0.3) is 0 Å². The molecule has 2 aromatic heterocycles. The second kappa shape index (κ2) is 8.61. The smallest absolute Gasteiger partial charge is 0.222 e. The lowest BCUT2D eigenvalue weighted by atomic mass is 10.00. The highest BCUT2D eigenvalue weighted by Gasteiger charge is 2.25. The standard InChI is InChI=1S/C26H27FN4O/c1-18-15-28-31(16-18)21-8-5-13-30(17-21)25(32)12-10-22-23-14-20(27)9-11-24(23)29-26(22)19-6-3-2-4-7-19/h2-4,6-7,9,11,14-16,21,29H,5,8,10,12-13,17H2,1H3. The predicted octanol–water partition coefficient (Wildman–Crippen LogP) is 5.28. The molecule has 3 heterocycles. The van der Waals surface area contributed by atoms with Crippen molar-refractivity contribution in [3.63, 3.8) is 0 Å². The molecule has 6 heteroatoms. The predicted molar refractivity (Wildman–Crippen MR) is 124 cm³/mol. The lowest BCUT2D eigenvalue weighted by Crippen LogP contribution is -2.40.